The molecule has 0 aromatic heterocycles. The van der Waals surface area contributed by atoms with Crippen LogP contribution in [0.4, 0.5) is 0 Å². The first kappa shape index (κ1) is 23.1. The topological polar surface area (TPSA) is 80.9 Å². The van der Waals surface area contributed by atoms with Gasteiger partial charge in [-0.05, 0) is 60.0 Å². The van der Waals surface area contributed by atoms with Crippen LogP contribution in [0, 0.1) is 6.92 Å². The molecule has 0 atom stereocenters. The number of hydrogen-bond donors (Lipinski definition) is 4. The van der Waals surface area contributed by atoms with Crippen molar-refractivity contribution in [3.63, 3.8) is 0 Å². The molecule has 0 fully saturated rings. The van der Waals surface area contributed by atoms with E-state index in [1.807, 2.05) is 43.3 Å². The lowest BCUT2D eigenvalue weighted by atomic mass is 9.82. The first-order valence-electron chi connectivity index (χ1n) is 11.7. The zero-order valence-corrected chi connectivity index (χ0v) is 19.8. The van der Waals surface area contributed by atoms with Crippen molar-refractivity contribution in [3.05, 3.63) is 131 Å². The average molecular weight is 475 g/mol. The Hall–Kier alpha value is -4.70. The fourth-order valence-electron chi connectivity index (χ4n) is 4.64. The minimum absolute atomic E-state index is 0.0727. The van der Waals surface area contributed by atoms with Gasteiger partial charge < -0.3 is 20.4 Å². The Labute approximate surface area is 210 Å². The molecule has 4 heteroatoms. The van der Waals surface area contributed by atoms with Crippen molar-refractivity contribution in [2.24, 2.45) is 0 Å². The predicted molar refractivity (Wildman–Crippen MR) is 143 cm³/mol. The summed E-state index contributed by atoms with van der Waals surface area (Å²) in [7, 11) is 0. The molecule has 0 bridgehead atoms. The van der Waals surface area contributed by atoms with Crippen LogP contribution in [-0.4, -0.2) is 20.4 Å². The van der Waals surface area contributed by atoms with Gasteiger partial charge in [0.2, 0.25) is 0 Å². The van der Waals surface area contributed by atoms with Gasteiger partial charge in [0, 0.05) is 28.2 Å². The summed E-state index contributed by atoms with van der Waals surface area (Å²) in [5.74, 6) is 0.0830. The van der Waals surface area contributed by atoms with Gasteiger partial charge in [-0.2, -0.15) is 0 Å². The molecule has 0 saturated carbocycles. The van der Waals surface area contributed by atoms with E-state index in [0.717, 1.165) is 22.3 Å². The Morgan fingerprint density at radius 1 is 0.417 bits per heavy atom. The van der Waals surface area contributed by atoms with Crippen LogP contribution in [0.1, 0.15) is 28.2 Å². The maximum absolute atomic E-state index is 10.7. The third-order valence-corrected chi connectivity index (χ3v) is 6.51. The lowest BCUT2D eigenvalue weighted by Gasteiger charge is -2.22. The van der Waals surface area contributed by atoms with Gasteiger partial charge >= 0.3 is 0 Å². The highest BCUT2D eigenvalue weighted by molar-refractivity contribution is 5.78. The number of aromatic hydroxyl groups is 4. The van der Waals surface area contributed by atoms with E-state index in [2.05, 4.69) is 24.3 Å². The highest BCUT2D eigenvalue weighted by Crippen LogP contribution is 2.43. The minimum atomic E-state index is -0.235. The molecule has 0 saturated heterocycles. The second-order valence-corrected chi connectivity index (χ2v) is 8.93. The molecular formula is C32H26O4. The maximum atomic E-state index is 10.7. The van der Waals surface area contributed by atoms with Crippen LogP contribution in [0.15, 0.2) is 109 Å². The van der Waals surface area contributed by atoms with Crippen molar-refractivity contribution in [2.75, 3.05) is 0 Å². The molecule has 0 aliphatic heterocycles. The summed E-state index contributed by atoms with van der Waals surface area (Å²) >= 11 is 0. The van der Waals surface area contributed by atoms with E-state index in [0.29, 0.717) is 22.3 Å². The van der Waals surface area contributed by atoms with E-state index >= 15 is 0 Å². The number of phenolic OH excluding ortho intramolecular Hbond substituents is 4. The van der Waals surface area contributed by atoms with E-state index in [4.69, 9.17) is 0 Å². The normalized spacial score (nSPS) is 11.1. The van der Waals surface area contributed by atoms with Crippen LogP contribution in [0.5, 0.6) is 23.0 Å². The predicted octanol–water partition coefficient (Wildman–Crippen LogP) is 7.33. The van der Waals surface area contributed by atoms with Crippen LogP contribution in [0.2, 0.25) is 0 Å². The van der Waals surface area contributed by atoms with Gasteiger partial charge in [0.15, 0.2) is 0 Å². The van der Waals surface area contributed by atoms with Crippen molar-refractivity contribution in [2.45, 2.75) is 12.8 Å². The van der Waals surface area contributed by atoms with Crippen molar-refractivity contribution in [1.29, 1.82) is 0 Å². The molecule has 4 N–H and O–H groups in total. The molecule has 0 amide bonds. The summed E-state index contributed by atoms with van der Waals surface area (Å²) < 4.78 is 0. The molecule has 5 rings (SSSR count). The molecule has 4 nitrogen and oxygen atoms in total. The number of para-hydroxylation sites is 2. The quantitative estimate of drug-likeness (QED) is 0.201. The smallest absolute Gasteiger partial charge is 0.123 e. The fraction of sp³-hybridized carbons (Fsp3) is 0.0625. The van der Waals surface area contributed by atoms with Crippen LogP contribution in [0.25, 0.3) is 22.3 Å². The van der Waals surface area contributed by atoms with Crippen LogP contribution >= 0.6 is 0 Å². The molecule has 178 valence electrons. The molecule has 0 radical (unpaired) electrons. The Balaban J connectivity index is 1.71. The number of aryl methyl sites for hydroxylation is 1. The van der Waals surface area contributed by atoms with Gasteiger partial charge in [0.25, 0.3) is 0 Å². The molecule has 36 heavy (non-hydrogen) atoms. The molecule has 5 aromatic rings. The van der Waals surface area contributed by atoms with Gasteiger partial charge in [-0.3, -0.25) is 0 Å². The molecule has 0 heterocycles. The summed E-state index contributed by atoms with van der Waals surface area (Å²) in [6.07, 6.45) is 0. The Morgan fingerprint density at radius 3 is 1.25 bits per heavy atom. The second-order valence-electron chi connectivity index (χ2n) is 8.93. The van der Waals surface area contributed by atoms with Crippen molar-refractivity contribution in [3.8, 4) is 45.3 Å². The van der Waals surface area contributed by atoms with Gasteiger partial charge in [0.05, 0.1) is 0 Å². The Kier molecular flexibility index (Phi) is 6.09. The van der Waals surface area contributed by atoms with E-state index in [1.54, 1.807) is 48.5 Å². The monoisotopic (exact) mass is 474 g/mol. The van der Waals surface area contributed by atoms with E-state index < -0.39 is 0 Å². The molecule has 0 spiro atoms. The largest absolute Gasteiger partial charge is 0.507 e. The molecule has 0 aliphatic rings. The lowest BCUT2D eigenvalue weighted by Crippen LogP contribution is -2.04. The summed E-state index contributed by atoms with van der Waals surface area (Å²) in [6, 6.07) is 32.9. The summed E-state index contributed by atoms with van der Waals surface area (Å²) in [4.78, 5) is 0. The van der Waals surface area contributed by atoms with Crippen LogP contribution in [-0.2, 0) is 0 Å². The van der Waals surface area contributed by atoms with Gasteiger partial charge in [0.1, 0.15) is 23.0 Å². The first-order chi connectivity index (χ1) is 17.4. The second kappa shape index (κ2) is 9.51. The molecular weight excluding hydrogens is 448 g/mol. The minimum Gasteiger partial charge on any atom is -0.507 e. The fourth-order valence-corrected chi connectivity index (χ4v) is 4.64. The molecule has 5 aromatic carbocycles. The van der Waals surface area contributed by atoms with Crippen LogP contribution in [0.3, 0.4) is 0 Å². The standard InChI is InChI=1S/C32H26O4/c1-20-10-12-21(13-11-20)32(22-14-16-30(35)26(18-22)24-6-2-4-8-28(24)33)23-15-17-31(36)27(19-23)25-7-3-5-9-29(25)34/h2-19,32-36H,1H3. The van der Waals surface area contributed by atoms with Crippen molar-refractivity contribution < 1.29 is 20.4 Å². The van der Waals surface area contributed by atoms with Crippen LogP contribution < -0.4 is 0 Å². The van der Waals surface area contributed by atoms with Gasteiger partial charge in [-0.25, -0.2) is 0 Å². The number of hydrogen-bond acceptors (Lipinski definition) is 4. The van der Waals surface area contributed by atoms with E-state index in [-0.39, 0.29) is 28.9 Å². The highest BCUT2D eigenvalue weighted by Gasteiger charge is 2.21. The third kappa shape index (κ3) is 4.37. The zero-order valence-electron chi connectivity index (χ0n) is 19.8. The van der Waals surface area contributed by atoms with Crippen molar-refractivity contribution in [1.82, 2.24) is 0 Å². The van der Waals surface area contributed by atoms with E-state index in [9.17, 15) is 20.4 Å². The summed E-state index contributed by atoms with van der Waals surface area (Å²) in [5, 5.41) is 42.2. The maximum Gasteiger partial charge on any atom is 0.123 e. The van der Waals surface area contributed by atoms with Gasteiger partial charge in [-0.1, -0.05) is 78.4 Å². The summed E-state index contributed by atoms with van der Waals surface area (Å²) in [5.41, 5.74) is 6.12. The lowest BCUT2D eigenvalue weighted by molar-refractivity contribution is 0.468. The Morgan fingerprint density at radius 2 is 0.806 bits per heavy atom. The Bertz CT molecular complexity index is 1440. The number of phenols is 4. The first-order valence-corrected chi connectivity index (χ1v) is 11.7. The highest BCUT2D eigenvalue weighted by atomic mass is 16.3. The number of rotatable bonds is 5. The zero-order chi connectivity index (χ0) is 25.2. The van der Waals surface area contributed by atoms with E-state index in [1.165, 1.54) is 0 Å². The SMILES string of the molecule is Cc1ccc(C(c2ccc(O)c(-c3ccccc3O)c2)c2ccc(O)c(-c3ccccc3O)c2)cc1. The number of benzene rings is 5. The van der Waals surface area contributed by atoms with Crippen molar-refractivity contribution >= 4 is 0 Å². The van der Waals surface area contributed by atoms with Gasteiger partial charge in [-0.15, -0.1) is 0 Å². The molecule has 0 aliphatic carbocycles. The third-order valence-electron chi connectivity index (χ3n) is 6.51. The summed E-state index contributed by atoms with van der Waals surface area (Å²) in [6.45, 7) is 2.03. The molecule has 0 unspecified atom stereocenters. The average Bonchev–Trinajstić information content (AvgIpc) is 2.88.